The van der Waals surface area contributed by atoms with Crippen molar-refractivity contribution in [3.05, 3.63) is 210 Å². The average Bonchev–Trinajstić information content (AvgIpc) is 3.27. The minimum Gasteiger partial charge on any atom is -0.311 e. The van der Waals surface area contributed by atoms with E-state index in [1.165, 1.54) is 93.5 Å². The van der Waals surface area contributed by atoms with Gasteiger partial charge >= 0.3 is 0 Å². The molecule has 0 spiro atoms. The molecule has 0 saturated carbocycles. The van der Waals surface area contributed by atoms with Gasteiger partial charge in [-0.2, -0.15) is 0 Å². The Morgan fingerprint density at radius 3 is 1.40 bits per heavy atom. The lowest BCUT2D eigenvalue weighted by Crippen LogP contribution is -2.75. The van der Waals surface area contributed by atoms with Gasteiger partial charge in [0.2, 0.25) is 0 Å². The molecule has 0 aliphatic carbocycles. The molecule has 2 nitrogen and oxygen atoms in total. The molecule has 0 aromatic heterocycles. The SMILES string of the molecule is Cc1cc2c3c(c1)N(c1ccccc1C)c1ccc([Si](c4ccccc4)(c4ccccc4)c4ccccc4)cc1B3c1cc(C(C)(C)C)ccc1N2c1ccc(C(C)(C)C)cc1. The fourth-order valence-corrected chi connectivity index (χ4v) is 15.2. The Bertz CT molecular complexity index is 2850. The Morgan fingerprint density at radius 2 is 0.855 bits per heavy atom. The summed E-state index contributed by atoms with van der Waals surface area (Å²) in [5.74, 6) is 0. The van der Waals surface area contributed by atoms with Crippen molar-refractivity contribution in [2.75, 3.05) is 9.80 Å². The summed E-state index contributed by atoms with van der Waals surface area (Å²) in [6.45, 7) is 18.4. The molecule has 0 unspecified atom stereocenters. The molecule has 8 aromatic rings. The lowest BCUT2D eigenvalue weighted by Gasteiger charge is -2.45. The van der Waals surface area contributed by atoms with Crippen molar-refractivity contribution in [1.29, 1.82) is 0 Å². The molecule has 0 radical (unpaired) electrons. The zero-order valence-electron chi connectivity index (χ0n) is 37.4. The van der Waals surface area contributed by atoms with Crippen molar-refractivity contribution in [3.8, 4) is 0 Å². The van der Waals surface area contributed by atoms with Gasteiger partial charge in [0, 0.05) is 34.1 Å². The highest BCUT2D eigenvalue weighted by atomic mass is 28.3. The third-order valence-corrected chi connectivity index (χ3v) is 18.3. The summed E-state index contributed by atoms with van der Waals surface area (Å²) in [6.07, 6.45) is 0. The fraction of sp³-hybridized carbons (Fsp3) is 0.172. The highest BCUT2D eigenvalue weighted by Gasteiger charge is 2.47. The maximum atomic E-state index is 2.64. The third-order valence-electron chi connectivity index (χ3n) is 13.5. The van der Waals surface area contributed by atoms with Crippen LogP contribution < -0.4 is 46.9 Å². The lowest BCUT2D eigenvalue weighted by atomic mass is 9.33. The predicted octanol–water partition coefficient (Wildman–Crippen LogP) is 10.4. The van der Waals surface area contributed by atoms with E-state index in [1.807, 2.05) is 0 Å². The first-order chi connectivity index (χ1) is 29.9. The van der Waals surface area contributed by atoms with E-state index in [4.69, 9.17) is 0 Å². The van der Waals surface area contributed by atoms with Crippen LogP contribution in [0.5, 0.6) is 0 Å². The first kappa shape index (κ1) is 39.8. The van der Waals surface area contributed by atoms with E-state index in [9.17, 15) is 0 Å². The van der Waals surface area contributed by atoms with Crippen LogP contribution in [0.1, 0.15) is 63.8 Å². The van der Waals surface area contributed by atoms with Crippen LogP contribution >= 0.6 is 0 Å². The zero-order chi connectivity index (χ0) is 43.0. The summed E-state index contributed by atoms with van der Waals surface area (Å²) < 4.78 is 0. The molecular formula is C58H55BN2Si. The number of benzene rings is 8. The van der Waals surface area contributed by atoms with E-state index in [0.29, 0.717) is 0 Å². The molecule has 0 amide bonds. The van der Waals surface area contributed by atoms with E-state index in [2.05, 4.69) is 253 Å². The monoisotopic (exact) mass is 818 g/mol. The Balaban J connectivity index is 1.33. The molecule has 8 aromatic carbocycles. The van der Waals surface area contributed by atoms with Crippen molar-refractivity contribution in [2.45, 2.75) is 66.2 Å². The van der Waals surface area contributed by atoms with Crippen LogP contribution in [0.2, 0.25) is 0 Å². The standard InChI is InChI=1S/C58H55BN2Si/c1-40-36-54-56-55(37-40)61(51-27-19-18-20-41(51)2)53-35-33-48(62(45-21-12-9-13-22-45,46-23-14-10-15-24-46)47-25-16-11-17-26-47)39-50(53)59(56)49-38-43(58(6,7)8)30-34-52(49)60(54)44-31-28-42(29-32-44)57(3,4)5/h9-39H,1-8H3. The molecule has 4 heteroatoms. The van der Waals surface area contributed by atoms with E-state index in [-0.39, 0.29) is 17.5 Å². The van der Waals surface area contributed by atoms with Crippen molar-refractivity contribution < 1.29 is 0 Å². The predicted molar refractivity (Wildman–Crippen MR) is 271 cm³/mol. The van der Waals surface area contributed by atoms with Gasteiger partial charge < -0.3 is 9.80 Å². The van der Waals surface area contributed by atoms with Crippen molar-refractivity contribution in [1.82, 2.24) is 0 Å². The van der Waals surface area contributed by atoms with E-state index in [1.54, 1.807) is 0 Å². The van der Waals surface area contributed by atoms with Gasteiger partial charge in [-0.3, -0.25) is 0 Å². The molecule has 10 rings (SSSR count). The quantitative estimate of drug-likeness (QED) is 0.122. The molecule has 2 aliphatic heterocycles. The number of para-hydroxylation sites is 1. The fourth-order valence-electron chi connectivity index (χ4n) is 10.4. The Labute approximate surface area is 370 Å². The highest BCUT2D eigenvalue weighted by molar-refractivity contribution is 7.20. The highest BCUT2D eigenvalue weighted by Crippen LogP contribution is 2.45. The van der Waals surface area contributed by atoms with Crippen LogP contribution in [0.25, 0.3) is 0 Å². The van der Waals surface area contributed by atoms with Crippen LogP contribution in [-0.4, -0.2) is 14.8 Å². The van der Waals surface area contributed by atoms with E-state index < -0.39 is 8.07 Å². The van der Waals surface area contributed by atoms with Gasteiger partial charge in [0.25, 0.3) is 6.71 Å². The number of fused-ring (bicyclic) bond motifs is 4. The summed E-state index contributed by atoms with van der Waals surface area (Å²) in [7, 11) is -2.86. The van der Waals surface area contributed by atoms with Gasteiger partial charge in [0.15, 0.2) is 8.07 Å². The average molecular weight is 819 g/mol. The lowest BCUT2D eigenvalue weighted by molar-refractivity contribution is 0.590. The number of anilines is 6. The largest absolute Gasteiger partial charge is 0.311 e. The third kappa shape index (κ3) is 6.38. The van der Waals surface area contributed by atoms with Gasteiger partial charge in [-0.1, -0.05) is 187 Å². The minimum absolute atomic E-state index is 0.00719. The summed E-state index contributed by atoms with van der Waals surface area (Å²) in [5, 5.41) is 5.52. The second-order valence-electron chi connectivity index (χ2n) is 19.5. The first-order valence-corrected chi connectivity index (χ1v) is 24.2. The Kier molecular flexibility index (Phi) is 9.57. The van der Waals surface area contributed by atoms with Gasteiger partial charge in [-0.15, -0.1) is 0 Å². The molecule has 0 atom stereocenters. The maximum absolute atomic E-state index is 2.86. The molecule has 0 N–H and O–H groups in total. The van der Waals surface area contributed by atoms with Crippen molar-refractivity contribution >= 4 is 86.0 Å². The topological polar surface area (TPSA) is 6.48 Å². The summed E-state index contributed by atoms with van der Waals surface area (Å²) in [6, 6.07) is 72.0. The molecule has 62 heavy (non-hydrogen) atoms. The van der Waals surface area contributed by atoms with Crippen molar-refractivity contribution in [3.63, 3.8) is 0 Å². The smallest absolute Gasteiger partial charge is 0.252 e. The molecule has 0 saturated heterocycles. The van der Waals surface area contributed by atoms with Crippen LogP contribution in [0.15, 0.2) is 188 Å². The van der Waals surface area contributed by atoms with Gasteiger partial charge in [-0.25, -0.2) is 0 Å². The van der Waals surface area contributed by atoms with Crippen LogP contribution in [-0.2, 0) is 10.8 Å². The van der Waals surface area contributed by atoms with Crippen LogP contribution in [0.4, 0.5) is 34.1 Å². The van der Waals surface area contributed by atoms with Gasteiger partial charge in [0.05, 0.1) is 0 Å². The van der Waals surface area contributed by atoms with Crippen LogP contribution in [0, 0.1) is 13.8 Å². The minimum atomic E-state index is -2.86. The normalized spacial score (nSPS) is 13.4. The summed E-state index contributed by atoms with van der Waals surface area (Å²) in [5.41, 5.74) is 16.6. The van der Waals surface area contributed by atoms with Crippen LogP contribution in [0.3, 0.4) is 0 Å². The number of hydrogen-bond acceptors (Lipinski definition) is 2. The number of hydrogen-bond donors (Lipinski definition) is 0. The first-order valence-electron chi connectivity index (χ1n) is 22.2. The molecule has 0 bridgehead atoms. The number of aryl methyl sites for hydroxylation is 2. The Morgan fingerprint density at radius 1 is 0.387 bits per heavy atom. The second-order valence-corrected chi connectivity index (χ2v) is 23.4. The molecular weight excluding hydrogens is 764 g/mol. The number of nitrogens with zero attached hydrogens (tertiary/aromatic N) is 2. The second kappa shape index (κ2) is 14.9. The Hall–Kier alpha value is -6.36. The van der Waals surface area contributed by atoms with Gasteiger partial charge in [-0.05, 0) is 127 Å². The molecule has 2 heterocycles. The molecule has 304 valence electrons. The molecule has 2 aliphatic rings. The summed E-state index contributed by atoms with van der Waals surface area (Å²) >= 11 is 0. The maximum Gasteiger partial charge on any atom is 0.252 e. The van der Waals surface area contributed by atoms with E-state index >= 15 is 0 Å². The van der Waals surface area contributed by atoms with Crippen molar-refractivity contribution in [2.24, 2.45) is 0 Å². The zero-order valence-corrected chi connectivity index (χ0v) is 38.4. The van der Waals surface area contributed by atoms with Gasteiger partial charge in [0.1, 0.15) is 0 Å². The van der Waals surface area contributed by atoms with E-state index in [0.717, 1.165) is 0 Å². The summed E-state index contributed by atoms with van der Waals surface area (Å²) in [4.78, 5) is 5.13. The molecule has 0 fully saturated rings. The number of rotatable bonds is 6.